The van der Waals surface area contributed by atoms with E-state index < -0.39 is 47.6 Å². The highest BCUT2D eigenvalue weighted by Gasteiger charge is 2.76. The van der Waals surface area contributed by atoms with Gasteiger partial charge in [-0.05, 0) is 65.1 Å². The monoisotopic (exact) mass is 747 g/mol. The van der Waals surface area contributed by atoms with Crippen LogP contribution in [0.25, 0.3) is 6.08 Å². The standard InChI is InChI=1S/C43H45N3O9/c47-16-15-44-39(48)29-10-4-6-27(18-29)23-45-41(50)43-22-34-35-36(54-42(53-35)20-30-8-1-2-9-31(30)21-42)38(43)55-46(37(43)40(49)52-34)24-28-7-3-5-25(17-28)11-12-26-13-14-32-33(19-26)51-32/h1-12,17-18,26,32-38,47H,13-16,19-24H2,(H,44,48)(H,45,50). The minimum atomic E-state index is -1.33. The van der Waals surface area contributed by atoms with Crippen LogP contribution >= 0.6 is 0 Å². The maximum Gasteiger partial charge on any atom is 0.327 e. The Morgan fingerprint density at radius 2 is 1.69 bits per heavy atom. The summed E-state index contributed by atoms with van der Waals surface area (Å²) in [5, 5.41) is 16.5. The average Bonchev–Trinajstić information content (AvgIpc) is 3.54. The fourth-order valence-electron chi connectivity index (χ4n) is 10.0. The maximum absolute atomic E-state index is 14.8. The molecule has 0 aromatic heterocycles. The molecule has 2 saturated carbocycles. The zero-order chi connectivity index (χ0) is 37.3. The molecule has 0 radical (unpaired) electrons. The molecule has 1 spiro atoms. The Bertz CT molecular complexity index is 2030. The fourth-order valence-corrected chi connectivity index (χ4v) is 10.0. The zero-order valence-corrected chi connectivity index (χ0v) is 30.4. The Hall–Kier alpha value is -4.43. The number of aliphatic hydroxyl groups is 1. The van der Waals surface area contributed by atoms with Crippen molar-refractivity contribution in [2.45, 2.75) is 100 Å². The van der Waals surface area contributed by atoms with E-state index in [1.165, 1.54) is 0 Å². The van der Waals surface area contributed by atoms with Gasteiger partial charge in [0.2, 0.25) is 5.91 Å². The average molecular weight is 748 g/mol. The van der Waals surface area contributed by atoms with E-state index in [1.807, 2.05) is 30.3 Å². The van der Waals surface area contributed by atoms with Gasteiger partial charge in [0.05, 0.1) is 25.4 Å². The van der Waals surface area contributed by atoms with Gasteiger partial charge in [-0.15, -0.1) is 0 Å². The zero-order valence-electron chi connectivity index (χ0n) is 30.4. The Kier molecular flexibility index (Phi) is 8.69. The van der Waals surface area contributed by atoms with Crippen LogP contribution in [-0.4, -0.2) is 89.6 Å². The summed E-state index contributed by atoms with van der Waals surface area (Å²) in [5.41, 5.74) is 4.06. The molecule has 55 heavy (non-hydrogen) atoms. The molecule has 9 atom stereocenters. The lowest BCUT2D eigenvalue weighted by molar-refractivity contribution is -0.217. The maximum atomic E-state index is 14.8. The van der Waals surface area contributed by atoms with Crippen molar-refractivity contribution in [1.82, 2.24) is 15.7 Å². The summed E-state index contributed by atoms with van der Waals surface area (Å²) in [5.74, 6) is -1.65. The lowest BCUT2D eigenvalue weighted by Crippen LogP contribution is -2.69. The molecule has 4 aliphatic heterocycles. The second-order valence-corrected chi connectivity index (χ2v) is 16.2. The van der Waals surface area contributed by atoms with Gasteiger partial charge in [-0.2, -0.15) is 5.06 Å². The van der Waals surface area contributed by atoms with Crippen molar-refractivity contribution in [1.29, 1.82) is 0 Å². The number of fused-ring (bicyclic) bond motifs is 6. The first-order chi connectivity index (χ1) is 26.8. The summed E-state index contributed by atoms with van der Waals surface area (Å²) < 4.78 is 25.6. The highest BCUT2D eigenvalue weighted by Crippen LogP contribution is 2.58. The molecule has 3 aromatic carbocycles. The van der Waals surface area contributed by atoms with E-state index in [9.17, 15) is 14.4 Å². The van der Waals surface area contributed by atoms with Crippen LogP contribution in [0.1, 0.15) is 63.9 Å². The molecule has 12 heteroatoms. The van der Waals surface area contributed by atoms with Gasteiger partial charge >= 0.3 is 5.97 Å². The number of allylic oxidation sites excluding steroid dienone is 1. The van der Waals surface area contributed by atoms with E-state index in [-0.39, 0.29) is 44.5 Å². The molecular weight excluding hydrogens is 702 g/mol. The molecule has 7 aliphatic rings. The van der Waals surface area contributed by atoms with Crippen molar-refractivity contribution in [2.24, 2.45) is 11.3 Å². The number of carbonyl (C=O) groups is 3. The van der Waals surface area contributed by atoms with Crippen molar-refractivity contribution in [3.63, 3.8) is 0 Å². The van der Waals surface area contributed by atoms with Crippen molar-refractivity contribution < 1.29 is 43.3 Å². The van der Waals surface area contributed by atoms with Crippen LogP contribution in [0.5, 0.6) is 0 Å². The number of rotatable bonds is 10. The fraction of sp³-hybridized carbons (Fsp3) is 0.465. The van der Waals surface area contributed by atoms with Crippen LogP contribution < -0.4 is 10.6 Å². The largest absolute Gasteiger partial charge is 0.458 e. The predicted octanol–water partition coefficient (Wildman–Crippen LogP) is 3.38. The van der Waals surface area contributed by atoms with Crippen molar-refractivity contribution in [3.8, 4) is 0 Å². The molecule has 3 N–H and O–H groups in total. The molecule has 6 fully saturated rings. The third-order valence-electron chi connectivity index (χ3n) is 12.6. The molecule has 2 amide bonds. The molecule has 286 valence electrons. The Labute approximate surface area is 319 Å². The molecule has 10 rings (SSSR count). The van der Waals surface area contributed by atoms with E-state index in [4.69, 9.17) is 28.9 Å². The Morgan fingerprint density at radius 1 is 0.891 bits per heavy atom. The summed E-state index contributed by atoms with van der Waals surface area (Å²) in [4.78, 5) is 48.4. The first-order valence-corrected chi connectivity index (χ1v) is 19.6. The van der Waals surface area contributed by atoms with E-state index >= 15 is 0 Å². The number of hydroxylamine groups is 2. The van der Waals surface area contributed by atoms with Crippen molar-refractivity contribution in [2.75, 3.05) is 13.2 Å². The number of hydrogen-bond acceptors (Lipinski definition) is 10. The summed E-state index contributed by atoms with van der Waals surface area (Å²) in [6.07, 6.45) is 7.12. The quantitative estimate of drug-likeness (QED) is 0.208. The number of ether oxygens (including phenoxy) is 4. The van der Waals surface area contributed by atoms with Crippen LogP contribution in [0.4, 0.5) is 0 Å². The number of aliphatic hydroxyl groups excluding tert-OH is 1. The molecule has 12 nitrogen and oxygen atoms in total. The van der Waals surface area contributed by atoms with E-state index in [2.05, 4.69) is 47.1 Å². The summed E-state index contributed by atoms with van der Waals surface area (Å²) >= 11 is 0. The van der Waals surface area contributed by atoms with Crippen LogP contribution in [0.3, 0.4) is 0 Å². The Morgan fingerprint density at radius 3 is 2.51 bits per heavy atom. The smallest absolute Gasteiger partial charge is 0.327 e. The van der Waals surface area contributed by atoms with Gasteiger partial charge in [0.25, 0.3) is 5.91 Å². The number of epoxide rings is 1. The number of esters is 1. The summed E-state index contributed by atoms with van der Waals surface area (Å²) in [6.45, 7) is 0.337. The number of nitrogens with one attached hydrogen (secondary N) is 2. The minimum absolute atomic E-state index is 0.120. The first-order valence-electron chi connectivity index (χ1n) is 19.6. The number of amides is 2. The van der Waals surface area contributed by atoms with E-state index in [0.29, 0.717) is 42.1 Å². The van der Waals surface area contributed by atoms with Crippen LogP contribution in [-0.2, 0) is 59.3 Å². The second kappa shape index (κ2) is 13.6. The third-order valence-corrected chi connectivity index (χ3v) is 12.6. The molecule has 3 aliphatic carbocycles. The van der Waals surface area contributed by atoms with Gasteiger partial charge in [-0.3, -0.25) is 19.2 Å². The van der Waals surface area contributed by atoms with Gasteiger partial charge in [-0.1, -0.05) is 72.8 Å². The topological polar surface area (TPSA) is 148 Å². The number of benzene rings is 3. The van der Waals surface area contributed by atoms with Gasteiger partial charge in [-0.25, -0.2) is 0 Å². The summed E-state index contributed by atoms with van der Waals surface area (Å²) in [6, 6.07) is 22.3. The van der Waals surface area contributed by atoms with Crippen LogP contribution in [0.15, 0.2) is 78.9 Å². The molecule has 4 saturated heterocycles. The molecule has 2 bridgehead atoms. The molecular formula is C43H45N3O9. The van der Waals surface area contributed by atoms with Gasteiger partial charge in [0, 0.05) is 37.9 Å². The second-order valence-electron chi connectivity index (χ2n) is 16.2. The van der Waals surface area contributed by atoms with Crippen molar-refractivity contribution in [3.05, 3.63) is 112 Å². The highest BCUT2D eigenvalue weighted by atomic mass is 16.8. The lowest BCUT2D eigenvalue weighted by atomic mass is 9.62. The normalized spacial score (nSPS) is 33.5. The lowest BCUT2D eigenvalue weighted by Gasteiger charge is -2.48. The summed E-state index contributed by atoms with van der Waals surface area (Å²) in [7, 11) is 0. The number of hydrogen-bond donors (Lipinski definition) is 3. The third kappa shape index (κ3) is 6.19. The van der Waals surface area contributed by atoms with Gasteiger partial charge in [0.1, 0.15) is 29.8 Å². The van der Waals surface area contributed by atoms with Crippen LogP contribution in [0.2, 0.25) is 0 Å². The van der Waals surface area contributed by atoms with Crippen molar-refractivity contribution >= 4 is 23.9 Å². The molecule has 4 heterocycles. The van der Waals surface area contributed by atoms with E-state index in [1.54, 1.807) is 23.3 Å². The van der Waals surface area contributed by atoms with Crippen LogP contribution in [0, 0.1) is 11.3 Å². The number of nitrogens with zero attached hydrogens (tertiary/aromatic N) is 1. The first kappa shape index (κ1) is 35.0. The SMILES string of the molecule is O=C(NCCO)c1cccc(CNC(=O)C23CC4OC(=O)C2N(Cc2cccc(C=CC5CCC6OC6C5)c2)OC3C2OC3(Cc5ccccc5C3)OC42)c1. The van der Waals surface area contributed by atoms with E-state index in [0.717, 1.165) is 41.5 Å². The minimum Gasteiger partial charge on any atom is -0.458 e. The number of carbonyl (C=O) groups excluding carboxylic acids is 3. The highest BCUT2D eigenvalue weighted by molar-refractivity contribution is 5.95. The Balaban J connectivity index is 0.936. The van der Waals surface area contributed by atoms with Gasteiger partial charge in [0.15, 0.2) is 11.8 Å². The predicted molar refractivity (Wildman–Crippen MR) is 197 cm³/mol. The van der Waals surface area contributed by atoms with Gasteiger partial charge < -0.3 is 34.7 Å². The molecule has 9 unspecified atom stereocenters. The molecule has 3 aromatic rings.